The molecule has 1 rings (SSSR count). The lowest BCUT2D eigenvalue weighted by molar-refractivity contribution is 0.245. The van der Waals surface area contributed by atoms with E-state index in [-0.39, 0.29) is 6.04 Å². The molecule has 6 nitrogen and oxygen atoms in total. The first-order valence-electron chi connectivity index (χ1n) is 6.31. The highest BCUT2D eigenvalue weighted by atomic mass is 32.2. The number of amides is 2. The van der Waals surface area contributed by atoms with Crippen molar-refractivity contribution in [2.75, 3.05) is 0 Å². The zero-order chi connectivity index (χ0) is 13.9. The molecule has 3 atom stereocenters. The van der Waals surface area contributed by atoms with Gasteiger partial charge in [-0.3, -0.25) is 0 Å². The Balaban J connectivity index is 2.58. The van der Waals surface area contributed by atoms with Crippen LogP contribution in [0.15, 0.2) is 0 Å². The average Bonchev–Trinajstić information content (AvgIpc) is 2.11. The van der Waals surface area contributed by atoms with Crippen molar-refractivity contribution < 1.29 is 13.2 Å². The molecule has 1 fully saturated rings. The van der Waals surface area contributed by atoms with E-state index >= 15 is 0 Å². The zero-order valence-electron chi connectivity index (χ0n) is 11.1. The van der Waals surface area contributed by atoms with Gasteiger partial charge in [0, 0.05) is 12.1 Å². The lowest BCUT2D eigenvalue weighted by Gasteiger charge is -2.33. The maximum atomic E-state index is 12.1. The SMILES string of the molecule is CC(NS(=O)(=O)[C@@H](C)C(C)NC(N)=O)C1CCC1. The average molecular weight is 277 g/mol. The Morgan fingerprint density at radius 2 is 1.83 bits per heavy atom. The molecule has 18 heavy (non-hydrogen) atoms. The van der Waals surface area contributed by atoms with Crippen molar-refractivity contribution in [2.45, 2.75) is 57.4 Å². The largest absolute Gasteiger partial charge is 0.352 e. The number of sulfonamides is 1. The number of rotatable bonds is 6. The van der Waals surface area contributed by atoms with E-state index in [1.54, 1.807) is 13.8 Å². The monoisotopic (exact) mass is 277 g/mol. The molecule has 106 valence electrons. The summed E-state index contributed by atoms with van der Waals surface area (Å²) in [5.41, 5.74) is 4.99. The second kappa shape index (κ2) is 5.88. The first-order chi connectivity index (χ1) is 8.24. The van der Waals surface area contributed by atoms with Crippen LogP contribution in [0.2, 0.25) is 0 Å². The van der Waals surface area contributed by atoms with Crippen LogP contribution in [0.5, 0.6) is 0 Å². The molecule has 0 heterocycles. The predicted octanol–water partition coefficient (Wildman–Crippen LogP) is 0.540. The lowest BCUT2D eigenvalue weighted by atomic mass is 9.81. The Morgan fingerprint density at radius 1 is 1.28 bits per heavy atom. The topological polar surface area (TPSA) is 101 Å². The molecule has 0 aromatic carbocycles. The minimum atomic E-state index is -3.45. The Kier molecular flexibility index (Phi) is 4.98. The summed E-state index contributed by atoms with van der Waals surface area (Å²) in [7, 11) is -3.45. The van der Waals surface area contributed by atoms with Crippen molar-refractivity contribution in [2.24, 2.45) is 11.7 Å². The third-order valence-corrected chi connectivity index (χ3v) is 5.86. The standard InChI is InChI=1S/C11H23N3O3S/c1-7(13-11(12)15)9(3)18(16,17)14-8(2)10-5-4-6-10/h7-10,14H,4-6H2,1-3H3,(H3,12,13,15)/t7?,8?,9-/m0/s1. The molecule has 4 N–H and O–H groups in total. The summed E-state index contributed by atoms with van der Waals surface area (Å²) >= 11 is 0. The zero-order valence-corrected chi connectivity index (χ0v) is 12.0. The highest BCUT2D eigenvalue weighted by Crippen LogP contribution is 2.29. The Labute approximate surface area is 109 Å². The summed E-state index contributed by atoms with van der Waals surface area (Å²) in [4.78, 5) is 10.7. The van der Waals surface area contributed by atoms with Gasteiger partial charge in [0.25, 0.3) is 0 Å². The van der Waals surface area contributed by atoms with Crippen LogP contribution < -0.4 is 15.8 Å². The van der Waals surface area contributed by atoms with Crippen LogP contribution in [-0.2, 0) is 10.0 Å². The summed E-state index contributed by atoms with van der Waals surface area (Å²) < 4.78 is 26.9. The molecular weight excluding hydrogens is 254 g/mol. The maximum absolute atomic E-state index is 12.1. The van der Waals surface area contributed by atoms with Crippen molar-refractivity contribution in [3.05, 3.63) is 0 Å². The molecule has 0 radical (unpaired) electrons. The molecule has 0 saturated heterocycles. The van der Waals surface area contributed by atoms with E-state index in [0.717, 1.165) is 12.8 Å². The first kappa shape index (κ1) is 15.2. The highest BCUT2D eigenvalue weighted by molar-refractivity contribution is 7.90. The van der Waals surface area contributed by atoms with Crippen molar-refractivity contribution in [1.29, 1.82) is 0 Å². The van der Waals surface area contributed by atoms with Crippen molar-refractivity contribution >= 4 is 16.1 Å². The van der Waals surface area contributed by atoms with Gasteiger partial charge in [-0.25, -0.2) is 17.9 Å². The molecular formula is C11H23N3O3S. The van der Waals surface area contributed by atoms with Gasteiger partial charge in [-0.1, -0.05) is 6.42 Å². The van der Waals surface area contributed by atoms with Gasteiger partial charge < -0.3 is 11.1 Å². The van der Waals surface area contributed by atoms with Crippen LogP contribution in [0, 0.1) is 5.92 Å². The smallest absolute Gasteiger partial charge is 0.312 e. The summed E-state index contributed by atoms with van der Waals surface area (Å²) in [6.07, 6.45) is 3.33. The van der Waals surface area contributed by atoms with Gasteiger partial charge in [-0.15, -0.1) is 0 Å². The minimum Gasteiger partial charge on any atom is -0.352 e. The van der Waals surface area contributed by atoms with Crippen LogP contribution in [0.4, 0.5) is 4.79 Å². The van der Waals surface area contributed by atoms with Gasteiger partial charge >= 0.3 is 6.03 Å². The number of nitrogens with two attached hydrogens (primary N) is 1. The number of primary amides is 1. The van der Waals surface area contributed by atoms with Crippen LogP contribution in [0.3, 0.4) is 0 Å². The van der Waals surface area contributed by atoms with Crippen LogP contribution >= 0.6 is 0 Å². The second-order valence-electron chi connectivity index (χ2n) is 5.14. The van der Waals surface area contributed by atoms with Gasteiger partial charge in [0.15, 0.2) is 0 Å². The van der Waals surface area contributed by atoms with Gasteiger partial charge in [-0.2, -0.15) is 0 Å². The summed E-state index contributed by atoms with van der Waals surface area (Å²) in [6.45, 7) is 5.08. The molecule has 1 aliphatic carbocycles. The van der Waals surface area contributed by atoms with E-state index in [0.29, 0.717) is 5.92 Å². The molecule has 0 aromatic heterocycles. The fraction of sp³-hybridized carbons (Fsp3) is 0.909. The molecule has 1 saturated carbocycles. The van der Waals surface area contributed by atoms with Crippen molar-refractivity contribution in [3.63, 3.8) is 0 Å². The van der Waals surface area contributed by atoms with E-state index < -0.39 is 27.3 Å². The van der Waals surface area contributed by atoms with Gasteiger partial charge in [0.1, 0.15) is 0 Å². The number of carbonyl (C=O) groups excluding carboxylic acids is 1. The first-order valence-corrected chi connectivity index (χ1v) is 7.85. The lowest BCUT2D eigenvalue weighted by Crippen LogP contribution is -2.51. The molecule has 2 unspecified atom stereocenters. The number of urea groups is 1. The number of carbonyl (C=O) groups is 1. The normalized spacial score (nSPS) is 21.7. The number of hydrogen-bond donors (Lipinski definition) is 3. The summed E-state index contributed by atoms with van der Waals surface area (Å²) in [5.74, 6) is 0.436. The fourth-order valence-electron chi connectivity index (χ4n) is 2.01. The molecule has 0 spiro atoms. The van der Waals surface area contributed by atoms with Crippen molar-refractivity contribution in [1.82, 2.24) is 10.0 Å². The van der Waals surface area contributed by atoms with E-state index in [9.17, 15) is 13.2 Å². The predicted molar refractivity (Wildman–Crippen MR) is 70.5 cm³/mol. The molecule has 1 aliphatic rings. The number of hydrogen-bond acceptors (Lipinski definition) is 3. The highest BCUT2D eigenvalue weighted by Gasteiger charge is 2.32. The molecule has 7 heteroatoms. The molecule has 0 aromatic rings. The quantitative estimate of drug-likeness (QED) is 0.660. The second-order valence-corrected chi connectivity index (χ2v) is 7.21. The van der Waals surface area contributed by atoms with Crippen LogP contribution in [-0.4, -0.2) is 31.8 Å². The Morgan fingerprint density at radius 3 is 2.22 bits per heavy atom. The van der Waals surface area contributed by atoms with Crippen molar-refractivity contribution in [3.8, 4) is 0 Å². The fourth-order valence-corrected chi connectivity index (χ4v) is 3.54. The van der Waals surface area contributed by atoms with E-state index in [4.69, 9.17) is 5.73 Å². The third-order valence-electron chi connectivity index (χ3n) is 3.77. The Bertz CT molecular complexity index is 392. The number of nitrogens with one attached hydrogen (secondary N) is 2. The Hall–Kier alpha value is -0.820. The minimum absolute atomic E-state index is 0.0491. The molecule has 0 aliphatic heterocycles. The third kappa shape index (κ3) is 3.84. The summed E-state index contributed by atoms with van der Waals surface area (Å²) in [6, 6.07) is -1.28. The van der Waals surface area contributed by atoms with Crippen LogP contribution in [0.1, 0.15) is 40.0 Å². The molecule has 2 amide bonds. The van der Waals surface area contributed by atoms with Gasteiger partial charge in [0.05, 0.1) is 5.25 Å². The molecule has 0 bridgehead atoms. The van der Waals surface area contributed by atoms with Gasteiger partial charge in [0.2, 0.25) is 10.0 Å². The van der Waals surface area contributed by atoms with Crippen LogP contribution in [0.25, 0.3) is 0 Å². The van der Waals surface area contributed by atoms with E-state index in [2.05, 4.69) is 10.0 Å². The summed E-state index contributed by atoms with van der Waals surface area (Å²) in [5, 5.41) is 1.68. The van der Waals surface area contributed by atoms with E-state index in [1.165, 1.54) is 6.42 Å². The van der Waals surface area contributed by atoms with E-state index in [1.807, 2.05) is 6.92 Å². The van der Waals surface area contributed by atoms with Gasteiger partial charge in [-0.05, 0) is 39.5 Å². The maximum Gasteiger partial charge on any atom is 0.312 e.